The molecule has 1 aromatic carbocycles. The number of aromatic nitrogens is 2. The lowest BCUT2D eigenvalue weighted by atomic mass is 9.92. The summed E-state index contributed by atoms with van der Waals surface area (Å²) >= 11 is 5.67. The summed E-state index contributed by atoms with van der Waals surface area (Å²) < 4.78 is 72.9. The molecule has 220 valence electrons. The molecule has 10 nitrogen and oxygen atoms in total. The molecule has 3 N–H and O–H groups in total. The van der Waals surface area contributed by atoms with E-state index in [0.29, 0.717) is 4.90 Å². The van der Waals surface area contributed by atoms with Crippen molar-refractivity contribution in [2.45, 2.75) is 38.1 Å². The van der Waals surface area contributed by atoms with Gasteiger partial charge in [-0.2, -0.15) is 0 Å². The van der Waals surface area contributed by atoms with Crippen LogP contribution in [0.3, 0.4) is 0 Å². The highest BCUT2D eigenvalue weighted by molar-refractivity contribution is 8.22. The van der Waals surface area contributed by atoms with E-state index in [1.807, 2.05) is 0 Å². The molecule has 16 heteroatoms. The van der Waals surface area contributed by atoms with E-state index in [9.17, 15) is 27.8 Å². The average Bonchev–Trinajstić information content (AvgIpc) is 2.83. The molecular weight excluding hydrogens is 591 g/mol. The summed E-state index contributed by atoms with van der Waals surface area (Å²) in [6.45, 7) is 7.44. The van der Waals surface area contributed by atoms with E-state index < -0.39 is 71.9 Å². The van der Waals surface area contributed by atoms with Crippen LogP contribution in [0.2, 0.25) is 30.8 Å². The number of amides is 1. The molecule has 40 heavy (non-hydrogen) atoms. The summed E-state index contributed by atoms with van der Waals surface area (Å²) in [5, 5.41) is 9.90. The Kier molecular flexibility index (Phi) is 9.58. The number of benzene rings is 1. The smallest absolute Gasteiger partial charge is 0.416 e. The van der Waals surface area contributed by atoms with E-state index in [1.54, 1.807) is 0 Å². The summed E-state index contributed by atoms with van der Waals surface area (Å²) in [5.74, 6) is -4.66. The van der Waals surface area contributed by atoms with Crippen molar-refractivity contribution in [3.63, 3.8) is 0 Å². The van der Waals surface area contributed by atoms with Crippen molar-refractivity contribution in [3.8, 4) is 0 Å². The van der Waals surface area contributed by atoms with E-state index in [4.69, 9.17) is 16.3 Å². The van der Waals surface area contributed by atoms with Crippen molar-refractivity contribution < 1.29 is 36.9 Å². The molecule has 0 saturated heterocycles. The number of ether oxygens (including phenoxy) is 1. The van der Waals surface area contributed by atoms with E-state index in [-0.39, 0.29) is 23.0 Å². The van der Waals surface area contributed by atoms with Crippen molar-refractivity contribution in [2.24, 2.45) is 4.99 Å². The van der Waals surface area contributed by atoms with Crippen LogP contribution in [0.25, 0.3) is 11.9 Å². The Morgan fingerprint density at radius 2 is 1.95 bits per heavy atom. The number of halogens is 4. The molecule has 2 aromatic rings. The Morgan fingerprint density at radius 1 is 1.27 bits per heavy atom. The Morgan fingerprint density at radius 3 is 2.52 bits per heavy atom. The lowest BCUT2D eigenvalue weighted by Gasteiger charge is -2.51. The third-order valence-electron chi connectivity index (χ3n) is 6.02. The third kappa shape index (κ3) is 7.53. The molecule has 0 aliphatic carbocycles. The maximum Gasteiger partial charge on any atom is 0.416 e. The molecular formula is C24H31ClF3N5O5SSi. The Bertz CT molecular complexity index is 1330. The number of carbonyl (C=O) groups is 1. The predicted octanol–water partition coefficient (Wildman–Crippen LogP) is 6.35. The highest BCUT2D eigenvalue weighted by atomic mass is 35.5. The number of rotatable bonds is 8. The lowest BCUT2D eigenvalue weighted by Crippen LogP contribution is -2.53. The third-order valence-corrected chi connectivity index (χ3v) is 9.91. The number of nitrogens with zero attached hydrogens (tertiary/aromatic N) is 5. The van der Waals surface area contributed by atoms with Crippen LogP contribution < -0.4 is 0 Å². The van der Waals surface area contributed by atoms with Crippen LogP contribution in [-0.2, 0) is 10.3 Å². The second kappa shape index (κ2) is 12.0. The standard InChI is InChI=1S/C24H31ClF3N5O5SSi/c1-24(16-8-15(10-18(27)21(16)28)9-17(26)19-11-30-20(25)12-29-19)13-39(36,37)32(2)22(31-24)33(23(34)35)14-38-6-7-40(3,4)5/h8-12,36-37H,6-7,13-14H2,1-5H3,(H,34,35)/b17-9-. The number of aliphatic imine (C=N–C) groups is 1. The molecule has 0 radical (unpaired) electrons. The molecule has 0 bridgehead atoms. The van der Waals surface area contributed by atoms with Gasteiger partial charge in [0.25, 0.3) is 0 Å². The fraction of sp³-hybridized carbons (Fsp3) is 0.417. The highest BCUT2D eigenvalue weighted by Gasteiger charge is 2.45. The van der Waals surface area contributed by atoms with Gasteiger partial charge in [-0.1, -0.05) is 31.2 Å². The normalized spacial score (nSPS) is 20.2. The fourth-order valence-corrected chi connectivity index (χ4v) is 6.19. The number of hydrogen-bond acceptors (Lipinski definition) is 8. The predicted molar refractivity (Wildman–Crippen MR) is 151 cm³/mol. The number of hydrogen-bond donors (Lipinski definition) is 3. The second-order valence-electron chi connectivity index (χ2n) is 10.6. The molecule has 1 atom stereocenters. The SMILES string of the molecule is CN1C(N(COCC[Si](C)(C)C)C(=O)O)=NC(C)(c2cc(/C=C(\F)c3cnc(Cl)cn3)cc(F)c2F)CS1(O)O. The Labute approximate surface area is 237 Å². The van der Waals surface area contributed by atoms with Gasteiger partial charge in [-0.05, 0) is 36.7 Å². The zero-order valence-electron chi connectivity index (χ0n) is 22.5. The number of guanidine groups is 1. The molecule has 3 rings (SSSR count). The van der Waals surface area contributed by atoms with Crippen LogP contribution in [-0.4, -0.2) is 79.7 Å². The molecule has 0 saturated carbocycles. The van der Waals surface area contributed by atoms with E-state index in [2.05, 4.69) is 34.6 Å². The summed E-state index contributed by atoms with van der Waals surface area (Å²) in [6.07, 6.45) is 1.56. The van der Waals surface area contributed by atoms with E-state index in [0.717, 1.165) is 41.0 Å². The van der Waals surface area contributed by atoms with Gasteiger partial charge in [0.15, 0.2) is 17.5 Å². The molecule has 1 aromatic heterocycles. The molecule has 1 aliphatic rings. The second-order valence-corrected chi connectivity index (χ2v) is 18.7. The zero-order valence-corrected chi connectivity index (χ0v) is 25.1. The van der Waals surface area contributed by atoms with Gasteiger partial charge in [0.1, 0.15) is 23.1 Å². The molecule has 1 amide bonds. The first kappa shape index (κ1) is 31.8. The van der Waals surface area contributed by atoms with Crippen molar-refractivity contribution >= 4 is 54.4 Å². The molecule has 0 fully saturated rings. The lowest BCUT2D eigenvalue weighted by molar-refractivity contribution is 0.0650. The Balaban J connectivity index is 2.06. The molecule has 0 spiro atoms. The van der Waals surface area contributed by atoms with Gasteiger partial charge in [-0.3, -0.25) is 9.11 Å². The first-order valence-electron chi connectivity index (χ1n) is 12.0. The van der Waals surface area contributed by atoms with Gasteiger partial charge in [0.2, 0.25) is 5.96 Å². The van der Waals surface area contributed by atoms with Gasteiger partial charge in [-0.25, -0.2) is 42.1 Å². The topological polar surface area (TPSA) is 132 Å². The van der Waals surface area contributed by atoms with Crippen LogP contribution in [0.15, 0.2) is 29.5 Å². The van der Waals surface area contributed by atoms with E-state index in [1.165, 1.54) is 14.0 Å². The van der Waals surface area contributed by atoms with Crippen LogP contribution in [0.1, 0.15) is 23.7 Å². The van der Waals surface area contributed by atoms with Gasteiger partial charge in [0.05, 0.1) is 18.1 Å². The van der Waals surface area contributed by atoms with Gasteiger partial charge < -0.3 is 9.84 Å². The van der Waals surface area contributed by atoms with Gasteiger partial charge in [-0.15, -0.1) is 10.8 Å². The summed E-state index contributed by atoms with van der Waals surface area (Å²) in [7, 11) is -4.03. The largest absolute Gasteiger partial charge is 0.465 e. The quantitative estimate of drug-likeness (QED) is 0.176. The minimum absolute atomic E-state index is 0.0337. The van der Waals surface area contributed by atoms with Crippen LogP contribution in [0, 0.1) is 11.6 Å². The molecule has 1 aliphatic heterocycles. The monoisotopic (exact) mass is 621 g/mol. The summed E-state index contributed by atoms with van der Waals surface area (Å²) in [4.78, 5) is 24.7. The Hall–Kier alpha value is -2.69. The first-order chi connectivity index (χ1) is 18.4. The average molecular weight is 622 g/mol. The number of carboxylic acid groups (broad SMARTS) is 1. The summed E-state index contributed by atoms with van der Waals surface area (Å²) in [5.41, 5.74) is -2.63. The van der Waals surface area contributed by atoms with Crippen molar-refractivity contribution in [2.75, 3.05) is 26.1 Å². The summed E-state index contributed by atoms with van der Waals surface area (Å²) in [6, 6.07) is 2.59. The van der Waals surface area contributed by atoms with Crippen LogP contribution >= 0.6 is 22.4 Å². The van der Waals surface area contributed by atoms with Crippen molar-refractivity contribution in [1.82, 2.24) is 19.2 Å². The van der Waals surface area contributed by atoms with Gasteiger partial charge >= 0.3 is 6.09 Å². The maximum absolute atomic E-state index is 15.2. The van der Waals surface area contributed by atoms with Crippen molar-refractivity contribution in [3.05, 3.63) is 58.1 Å². The van der Waals surface area contributed by atoms with Crippen molar-refractivity contribution in [1.29, 1.82) is 0 Å². The van der Waals surface area contributed by atoms with Crippen LogP contribution in [0.4, 0.5) is 18.0 Å². The molecule has 1 unspecified atom stereocenters. The van der Waals surface area contributed by atoms with Gasteiger partial charge in [0, 0.05) is 27.3 Å². The highest BCUT2D eigenvalue weighted by Crippen LogP contribution is 2.52. The van der Waals surface area contributed by atoms with E-state index >= 15 is 4.39 Å². The zero-order chi connectivity index (χ0) is 30.0. The minimum atomic E-state index is -3.77. The minimum Gasteiger partial charge on any atom is -0.465 e. The molecule has 2 heterocycles. The maximum atomic E-state index is 15.2. The van der Waals surface area contributed by atoms with Crippen LogP contribution in [0.5, 0.6) is 0 Å². The first-order valence-corrected chi connectivity index (χ1v) is 17.7. The fourth-order valence-electron chi connectivity index (χ4n) is 3.77.